The Labute approximate surface area is 166 Å². The van der Waals surface area contributed by atoms with E-state index in [0.717, 1.165) is 4.57 Å². The summed E-state index contributed by atoms with van der Waals surface area (Å²) < 4.78 is 24.5. The Morgan fingerprint density at radius 1 is 1.21 bits per heavy atom. The molecule has 1 aromatic heterocycles. The topological polar surface area (TPSA) is 118 Å². The molecule has 3 N–H and O–H groups in total. The lowest BCUT2D eigenvalue weighted by atomic mass is 10.2. The molecule has 9 nitrogen and oxygen atoms in total. The third-order valence-corrected chi connectivity index (χ3v) is 4.16. The predicted octanol–water partition coefficient (Wildman–Crippen LogP) is 1.60. The molecule has 1 heterocycles. The number of halogens is 1. The summed E-state index contributed by atoms with van der Waals surface area (Å²) in [6.07, 6.45) is 2.69. The van der Waals surface area contributed by atoms with Crippen LogP contribution >= 0.6 is 0 Å². The van der Waals surface area contributed by atoms with Crippen LogP contribution in [0.15, 0.2) is 33.9 Å². The van der Waals surface area contributed by atoms with E-state index in [1.807, 2.05) is 0 Å². The van der Waals surface area contributed by atoms with Gasteiger partial charge in [-0.1, -0.05) is 6.07 Å². The molecule has 0 spiro atoms. The van der Waals surface area contributed by atoms with Crippen LogP contribution in [0.2, 0.25) is 0 Å². The van der Waals surface area contributed by atoms with Gasteiger partial charge in [-0.05, 0) is 37.6 Å². The summed E-state index contributed by atoms with van der Waals surface area (Å²) in [5, 5.41) is 2.49. The first kappa shape index (κ1) is 21.7. The normalized spacial score (nSPS) is 10.9. The quantitative estimate of drug-likeness (QED) is 0.643. The fourth-order valence-electron chi connectivity index (χ4n) is 2.72. The second-order valence-corrected chi connectivity index (χ2v) is 5.82. The van der Waals surface area contributed by atoms with Crippen LogP contribution in [-0.2, 0) is 17.9 Å². The number of aromatic nitrogens is 2. The third kappa shape index (κ3) is 4.65. The number of benzene rings is 1. The average molecular weight is 406 g/mol. The van der Waals surface area contributed by atoms with Crippen molar-refractivity contribution in [3.8, 4) is 11.5 Å². The molecular weight excluding hydrogens is 383 g/mol. The fraction of sp³-hybridized carbons (Fsp3) is 0.316. The maximum atomic E-state index is 12.4. The minimum atomic E-state index is -0.995. The Morgan fingerprint density at radius 3 is 2.48 bits per heavy atom. The number of carbonyl (C=O) groups excluding carboxylic acids is 1. The van der Waals surface area contributed by atoms with Gasteiger partial charge in [0.2, 0.25) is 12.8 Å². The van der Waals surface area contributed by atoms with E-state index in [1.54, 1.807) is 26.0 Å². The molecule has 0 saturated heterocycles. The summed E-state index contributed by atoms with van der Waals surface area (Å²) >= 11 is 0. The molecule has 1 amide bonds. The van der Waals surface area contributed by atoms with Gasteiger partial charge < -0.3 is 20.5 Å². The lowest BCUT2D eigenvalue weighted by Gasteiger charge is -2.15. The van der Waals surface area contributed by atoms with Gasteiger partial charge in [-0.25, -0.2) is 9.18 Å². The van der Waals surface area contributed by atoms with E-state index < -0.39 is 24.0 Å². The SMILES string of the molecule is CCn1c(NC(=O)/C=C/c2ccc(OCF)c(OC)c2)c(N)c(=O)n(CC)c1=O. The van der Waals surface area contributed by atoms with Crippen molar-refractivity contribution in [1.29, 1.82) is 0 Å². The van der Waals surface area contributed by atoms with Gasteiger partial charge in [0.25, 0.3) is 5.56 Å². The van der Waals surface area contributed by atoms with Crippen LogP contribution in [0.25, 0.3) is 6.08 Å². The van der Waals surface area contributed by atoms with Crippen LogP contribution in [0.3, 0.4) is 0 Å². The van der Waals surface area contributed by atoms with Gasteiger partial charge in [0.1, 0.15) is 11.5 Å². The standard InChI is InChI=1S/C19H23FN4O5/c1-4-23-17(16(21)18(26)24(5-2)19(23)27)22-15(25)9-7-12-6-8-13(29-11-20)14(10-12)28-3/h6-10H,4-5,11,21H2,1-3H3,(H,22,25)/b9-7+. The molecule has 0 aliphatic heterocycles. The molecule has 0 fully saturated rings. The third-order valence-electron chi connectivity index (χ3n) is 4.16. The Kier molecular flexibility index (Phi) is 7.18. The molecule has 0 unspecified atom stereocenters. The molecule has 29 heavy (non-hydrogen) atoms. The second-order valence-electron chi connectivity index (χ2n) is 5.82. The van der Waals surface area contributed by atoms with Crippen molar-refractivity contribution in [3.05, 3.63) is 50.7 Å². The number of methoxy groups -OCH3 is 1. The van der Waals surface area contributed by atoms with E-state index in [1.165, 1.54) is 29.9 Å². The predicted molar refractivity (Wildman–Crippen MR) is 108 cm³/mol. The lowest BCUT2D eigenvalue weighted by Crippen LogP contribution is -2.42. The number of amides is 1. The Hall–Kier alpha value is -3.56. The van der Waals surface area contributed by atoms with Gasteiger partial charge in [0, 0.05) is 19.2 Å². The zero-order valence-electron chi connectivity index (χ0n) is 16.4. The molecule has 0 saturated carbocycles. The maximum Gasteiger partial charge on any atom is 0.332 e. The number of carbonyl (C=O) groups is 1. The number of anilines is 2. The summed E-state index contributed by atoms with van der Waals surface area (Å²) in [5.41, 5.74) is 5.01. The van der Waals surface area contributed by atoms with Gasteiger partial charge in [0.05, 0.1) is 7.11 Å². The van der Waals surface area contributed by atoms with Crippen LogP contribution in [0, 0.1) is 0 Å². The van der Waals surface area contributed by atoms with Gasteiger partial charge in [-0.15, -0.1) is 0 Å². The van der Waals surface area contributed by atoms with Gasteiger partial charge in [-0.2, -0.15) is 0 Å². The van der Waals surface area contributed by atoms with Crippen molar-refractivity contribution in [3.63, 3.8) is 0 Å². The van der Waals surface area contributed by atoms with E-state index in [2.05, 4.69) is 5.32 Å². The summed E-state index contributed by atoms with van der Waals surface area (Å²) in [6.45, 7) is 2.74. The Morgan fingerprint density at radius 2 is 1.90 bits per heavy atom. The molecule has 1 aromatic carbocycles. The van der Waals surface area contributed by atoms with Crippen molar-refractivity contribution in [2.75, 3.05) is 25.0 Å². The van der Waals surface area contributed by atoms with Gasteiger partial charge in [0.15, 0.2) is 11.5 Å². The highest BCUT2D eigenvalue weighted by Crippen LogP contribution is 2.28. The van der Waals surface area contributed by atoms with E-state index in [9.17, 15) is 18.8 Å². The minimum absolute atomic E-state index is 0.0499. The molecule has 156 valence electrons. The van der Waals surface area contributed by atoms with Crippen molar-refractivity contribution >= 4 is 23.5 Å². The number of nitrogens with zero attached hydrogens (tertiary/aromatic N) is 2. The molecule has 0 radical (unpaired) electrons. The molecule has 2 rings (SSSR count). The van der Waals surface area contributed by atoms with E-state index >= 15 is 0 Å². The Balaban J connectivity index is 2.30. The number of hydrogen-bond acceptors (Lipinski definition) is 6. The van der Waals surface area contributed by atoms with Crippen LogP contribution in [-0.4, -0.2) is 29.0 Å². The number of nitrogens with one attached hydrogen (secondary N) is 1. The number of alkyl halides is 1. The molecule has 0 aliphatic rings. The highest BCUT2D eigenvalue weighted by Gasteiger charge is 2.16. The van der Waals surface area contributed by atoms with Gasteiger partial charge in [-0.3, -0.25) is 18.7 Å². The highest BCUT2D eigenvalue weighted by atomic mass is 19.1. The lowest BCUT2D eigenvalue weighted by molar-refractivity contribution is -0.111. The van der Waals surface area contributed by atoms with E-state index in [0.29, 0.717) is 11.3 Å². The summed E-state index contributed by atoms with van der Waals surface area (Å²) in [4.78, 5) is 36.9. The summed E-state index contributed by atoms with van der Waals surface area (Å²) in [5.74, 6) is -0.105. The first-order chi connectivity index (χ1) is 13.9. The zero-order chi connectivity index (χ0) is 21.6. The molecular formula is C19H23FN4O5. The van der Waals surface area contributed by atoms with Crippen LogP contribution in [0.1, 0.15) is 19.4 Å². The van der Waals surface area contributed by atoms with E-state index in [4.69, 9.17) is 15.2 Å². The van der Waals surface area contributed by atoms with Crippen molar-refractivity contribution in [2.24, 2.45) is 0 Å². The number of nitrogens with two attached hydrogens (primary N) is 1. The first-order valence-corrected chi connectivity index (χ1v) is 8.86. The van der Waals surface area contributed by atoms with E-state index in [-0.39, 0.29) is 30.3 Å². The monoisotopic (exact) mass is 406 g/mol. The van der Waals surface area contributed by atoms with Crippen LogP contribution in [0.4, 0.5) is 15.9 Å². The highest BCUT2D eigenvalue weighted by molar-refractivity contribution is 6.02. The largest absolute Gasteiger partial charge is 0.493 e. The zero-order valence-corrected chi connectivity index (χ0v) is 16.4. The van der Waals surface area contributed by atoms with Crippen molar-refractivity contribution in [2.45, 2.75) is 26.9 Å². The number of hydrogen-bond donors (Lipinski definition) is 2. The maximum absolute atomic E-state index is 12.4. The first-order valence-electron chi connectivity index (χ1n) is 8.86. The molecule has 0 bridgehead atoms. The average Bonchev–Trinajstić information content (AvgIpc) is 2.72. The fourth-order valence-corrected chi connectivity index (χ4v) is 2.72. The molecule has 0 aliphatic carbocycles. The van der Waals surface area contributed by atoms with Crippen molar-refractivity contribution in [1.82, 2.24) is 9.13 Å². The Bertz CT molecular complexity index is 1040. The summed E-state index contributed by atoms with van der Waals surface area (Å²) in [6, 6.07) is 4.68. The number of ether oxygens (including phenoxy) is 2. The second kappa shape index (κ2) is 9.58. The molecule has 0 atom stereocenters. The molecule has 10 heteroatoms. The van der Waals surface area contributed by atoms with Crippen molar-refractivity contribution < 1.29 is 18.7 Å². The van der Waals surface area contributed by atoms with Crippen LogP contribution < -0.4 is 31.8 Å². The number of rotatable bonds is 8. The minimum Gasteiger partial charge on any atom is -0.493 e. The van der Waals surface area contributed by atoms with Gasteiger partial charge >= 0.3 is 5.69 Å². The number of nitrogen functional groups attached to an aromatic ring is 1. The smallest absolute Gasteiger partial charge is 0.332 e. The molecule has 2 aromatic rings. The summed E-state index contributed by atoms with van der Waals surface area (Å²) in [7, 11) is 1.41. The van der Waals surface area contributed by atoms with Crippen LogP contribution in [0.5, 0.6) is 11.5 Å².